The molecular formula is C6H12F2N2O. The van der Waals surface area contributed by atoms with Gasteiger partial charge in [-0.05, 0) is 0 Å². The molecule has 0 radical (unpaired) electrons. The van der Waals surface area contributed by atoms with Crippen molar-refractivity contribution in [3.8, 4) is 0 Å². The van der Waals surface area contributed by atoms with Crippen molar-refractivity contribution < 1.29 is 13.6 Å². The minimum absolute atomic E-state index is 0.0831. The second kappa shape index (κ2) is 3.61. The molecule has 0 aliphatic rings. The van der Waals surface area contributed by atoms with Crippen LogP contribution in [0.15, 0.2) is 0 Å². The third kappa shape index (κ3) is 3.87. The molecule has 0 aromatic heterocycles. The molecule has 1 amide bonds. The highest BCUT2D eigenvalue weighted by Crippen LogP contribution is 2.10. The van der Waals surface area contributed by atoms with Crippen molar-refractivity contribution >= 4 is 5.91 Å². The quantitative estimate of drug-likeness (QED) is 0.622. The predicted octanol–water partition coefficient (Wildman–Crippen LogP) is 0.105. The van der Waals surface area contributed by atoms with E-state index in [2.05, 4.69) is 11.1 Å². The molecule has 5 heteroatoms. The molecule has 0 aromatic carbocycles. The molecule has 0 bridgehead atoms. The Hall–Kier alpha value is -0.710. The molecule has 0 unspecified atom stereocenters. The van der Waals surface area contributed by atoms with Crippen molar-refractivity contribution in [1.29, 1.82) is 0 Å². The largest absolute Gasteiger partial charge is 0.364 e. The minimum Gasteiger partial charge on any atom is -0.364 e. The highest BCUT2D eigenvalue weighted by Gasteiger charge is 2.35. The van der Waals surface area contributed by atoms with Crippen LogP contribution in [-0.4, -0.2) is 24.4 Å². The van der Waals surface area contributed by atoms with Crippen molar-refractivity contribution in [2.24, 2.45) is 5.73 Å². The molecule has 0 aliphatic heterocycles. The molecule has 0 spiro atoms. The van der Waals surface area contributed by atoms with Crippen LogP contribution in [0.1, 0.15) is 13.8 Å². The van der Waals surface area contributed by atoms with E-state index in [0.717, 1.165) is 0 Å². The first-order valence-electron chi connectivity index (χ1n) is 3.27. The first-order chi connectivity index (χ1) is 4.86. The van der Waals surface area contributed by atoms with E-state index in [1.54, 1.807) is 13.8 Å². The fraction of sp³-hybridized carbons (Fsp3) is 0.833. The summed E-state index contributed by atoms with van der Waals surface area (Å²) in [6.45, 7) is 2.72. The van der Waals surface area contributed by atoms with Gasteiger partial charge >= 0.3 is 5.92 Å². The van der Waals surface area contributed by atoms with Crippen LogP contribution in [0.2, 0.25) is 0 Å². The summed E-state index contributed by atoms with van der Waals surface area (Å²) in [5.74, 6) is -5.03. The van der Waals surface area contributed by atoms with Gasteiger partial charge in [-0.25, -0.2) is 0 Å². The Morgan fingerprint density at radius 1 is 1.64 bits per heavy atom. The molecule has 66 valence electrons. The lowest BCUT2D eigenvalue weighted by atomic mass is 10.3. The van der Waals surface area contributed by atoms with Gasteiger partial charge in [-0.3, -0.25) is 4.79 Å². The number of alkyl halides is 2. The maximum Gasteiger partial charge on any atom is 0.336 e. The Balaban J connectivity index is 3.83. The van der Waals surface area contributed by atoms with Gasteiger partial charge in [0.1, 0.15) is 0 Å². The van der Waals surface area contributed by atoms with E-state index in [9.17, 15) is 13.6 Å². The molecule has 0 fully saturated rings. The Morgan fingerprint density at radius 3 is 2.36 bits per heavy atom. The Bertz CT molecular complexity index is 148. The van der Waals surface area contributed by atoms with Gasteiger partial charge in [0, 0.05) is 6.04 Å². The molecular weight excluding hydrogens is 154 g/mol. The number of rotatable bonds is 4. The lowest BCUT2D eigenvalue weighted by Gasteiger charge is -2.14. The number of primary amides is 1. The Kier molecular flexibility index (Phi) is 3.38. The number of carbonyl (C=O) groups excluding carboxylic acids is 1. The molecule has 0 atom stereocenters. The zero-order valence-electron chi connectivity index (χ0n) is 6.53. The van der Waals surface area contributed by atoms with Crippen molar-refractivity contribution in [3.05, 3.63) is 0 Å². The zero-order chi connectivity index (χ0) is 9.07. The van der Waals surface area contributed by atoms with Crippen LogP contribution in [0.4, 0.5) is 8.78 Å². The monoisotopic (exact) mass is 166 g/mol. The number of carbonyl (C=O) groups is 1. The van der Waals surface area contributed by atoms with Gasteiger partial charge in [0.05, 0.1) is 6.54 Å². The summed E-state index contributed by atoms with van der Waals surface area (Å²) < 4.78 is 24.7. The maximum atomic E-state index is 12.4. The summed E-state index contributed by atoms with van der Waals surface area (Å²) in [6.07, 6.45) is 0. The lowest BCUT2D eigenvalue weighted by molar-refractivity contribution is -0.141. The SMILES string of the molecule is CC(C)NCC(F)(F)C(N)=O. The molecule has 0 saturated heterocycles. The third-order valence-corrected chi connectivity index (χ3v) is 1.09. The van der Waals surface area contributed by atoms with Crippen LogP contribution in [0, 0.1) is 0 Å². The Morgan fingerprint density at radius 2 is 2.09 bits per heavy atom. The minimum atomic E-state index is -3.44. The second-order valence-corrected chi connectivity index (χ2v) is 2.60. The van der Waals surface area contributed by atoms with E-state index in [1.165, 1.54) is 0 Å². The number of hydrogen-bond donors (Lipinski definition) is 2. The van der Waals surface area contributed by atoms with Crippen LogP contribution in [-0.2, 0) is 4.79 Å². The molecule has 3 N–H and O–H groups in total. The summed E-state index contributed by atoms with van der Waals surface area (Å²) >= 11 is 0. The van der Waals surface area contributed by atoms with Crippen LogP contribution in [0.25, 0.3) is 0 Å². The van der Waals surface area contributed by atoms with E-state index in [-0.39, 0.29) is 6.04 Å². The average Bonchev–Trinajstić information content (AvgIpc) is 1.84. The van der Waals surface area contributed by atoms with Gasteiger partial charge in [-0.15, -0.1) is 0 Å². The number of amides is 1. The topological polar surface area (TPSA) is 55.1 Å². The normalized spacial score (nSPS) is 12.1. The van der Waals surface area contributed by atoms with Crippen LogP contribution < -0.4 is 11.1 Å². The highest BCUT2D eigenvalue weighted by atomic mass is 19.3. The molecule has 3 nitrogen and oxygen atoms in total. The van der Waals surface area contributed by atoms with E-state index in [0.29, 0.717) is 0 Å². The number of halogens is 2. The average molecular weight is 166 g/mol. The lowest BCUT2D eigenvalue weighted by Crippen LogP contribution is -2.45. The van der Waals surface area contributed by atoms with Crippen LogP contribution >= 0.6 is 0 Å². The number of nitrogens with one attached hydrogen (secondary N) is 1. The van der Waals surface area contributed by atoms with Crippen molar-refractivity contribution in [2.45, 2.75) is 25.8 Å². The fourth-order valence-corrected chi connectivity index (χ4v) is 0.419. The molecule has 0 aliphatic carbocycles. The summed E-state index contributed by atoms with van der Waals surface area (Å²) in [7, 11) is 0. The van der Waals surface area contributed by atoms with Gasteiger partial charge < -0.3 is 11.1 Å². The van der Waals surface area contributed by atoms with Crippen molar-refractivity contribution in [2.75, 3.05) is 6.54 Å². The zero-order valence-corrected chi connectivity index (χ0v) is 6.53. The van der Waals surface area contributed by atoms with Gasteiger partial charge in [-0.2, -0.15) is 8.78 Å². The van der Waals surface area contributed by atoms with Gasteiger partial charge in [-0.1, -0.05) is 13.8 Å². The van der Waals surface area contributed by atoms with E-state index >= 15 is 0 Å². The second-order valence-electron chi connectivity index (χ2n) is 2.60. The highest BCUT2D eigenvalue weighted by molar-refractivity contribution is 5.81. The first-order valence-corrected chi connectivity index (χ1v) is 3.27. The Labute approximate surface area is 63.9 Å². The third-order valence-electron chi connectivity index (χ3n) is 1.09. The predicted molar refractivity (Wildman–Crippen MR) is 37.3 cm³/mol. The summed E-state index contributed by atoms with van der Waals surface area (Å²) in [5.41, 5.74) is 4.43. The molecule has 0 rings (SSSR count). The van der Waals surface area contributed by atoms with E-state index in [1.807, 2.05) is 0 Å². The van der Waals surface area contributed by atoms with Crippen LogP contribution in [0.3, 0.4) is 0 Å². The van der Waals surface area contributed by atoms with Crippen LogP contribution in [0.5, 0.6) is 0 Å². The van der Waals surface area contributed by atoms with Gasteiger partial charge in [0.2, 0.25) is 0 Å². The first kappa shape index (κ1) is 10.3. The smallest absolute Gasteiger partial charge is 0.336 e. The summed E-state index contributed by atoms with van der Waals surface area (Å²) in [5, 5.41) is 2.42. The number of hydrogen-bond acceptors (Lipinski definition) is 2. The van der Waals surface area contributed by atoms with Gasteiger partial charge in [0.25, 0.3) is 5.91 Å². The summed E-state index contributed by atoms with van der Waals surface area (Å²) in [6, 6.07) is -0.0831. The van der Waals surface area contributed by atoms with E-state index < -0.39 is 18.4 Å². The number of nitrogens with two attached hydrogens (primary N) is 1. The fourth-order valence-electron chi connectivity index (χ4n) is 0.419. The summed E-state index contributed by atoms with van der Waals surface area (Å²) in [4.78, 5) is 10.1. The molecule has 0 saturated carbocycles. The standard InChI is InChI=1S/C6H12F2N2O/c1-4(2)10-3-6(7,8)5(9)11/h4,10H,3H2,1-2H3,(H2,9,11). The molecule has 11 heavy (non-hydrogen) atoms. The maximum absolute atomic E-state index is 12.4. The van der Waals surface area contributed by atoms with E-state index in [4.69, 9.17) is 0 Å². The molecule has 0 aromatic rings. The molecule has 0 heterocycles. The van der Waals surface area contributed by atoms with Crippen molar-refractivity contribution in [1.82, 2.24) is 5.32 Å². The van der Waals surface area contributed by atoms with Crippen molar-refractivity contribution in [3.63, 3.8) is 0 Å². The van der Waals surface area contributed by atoms with Gasteiger partial charge in [0.15, 0.2) is 0 Å².